The summed E-state index contributed by atoms with van der Waals surface area (Å²) >= 11 is 7.56. The van der Waals surface area contributed by atoms with Crippen LogP contribution in [0.3, 0.4) is 0 Å². The topological polar surface area (TPSA) is 44.1 Å². The van der Waals surface area contributed by atoms with Crippen LogP contribution in [0.2, 0.25) is 5.02 Å². The number of hydrogen-bond donors (Lipinski definition) is 0. The summed E-state index contributed by atoms with van der Waals surface area (Å²) in [6.45, 7) is 5.60. The summed E-state index contributed by atoms with van der Waals surface area (Å²) in [5.74, 6) is 1.29. The van der Waals surface area contributed by atoms with Crippen molar-refractivity contribution < 1.29 is 4.74 Å². The zero-order chi connectivity index (χ0) is 16.1. The van der Waals surface area contributed by atoms with Gasteiger partial charge in [-0.25, -0.2) is 4.98 Å². The van der Waals surface area contributed by atoms with Crippen LogP contribution in [0.1, 0.15) is 20.3 Å². The van der Waals surface area contributed by atoms with Crippen LogP contribution < -0.4 is 5.56 Å². The van der Waals surface area contributed by atoms with Gasteiger partial charge in [-0.3, -0.25) is 9.36 Å². The number of ether oxygens (including phenoxy) is 1. The van der Waals surface area contributed by atoms with E-state index in [4.69, 9.17) is 16.3 Å². The Morgan fingerprint density at radius 2 is 2.18 bits per heavy atom. The van der Waals surface area contributed by atoms with Crippen LogP contribution in [0.4, 0.5) is 0 Å². The number of methoxy groups -OCH3 is 1. The van der Waals surface area contributed by atoms with Crippen LogP contribution in [-0.2, 0) is 11.3 Å². The number of aromatic nitrogens is 2. The van der Waals surface area contributed by atoms with E-state index in [1.807, 2.05) is 0 Å². The zero-order valence-corrected chi connectivity index (χ0v) is 14.7. The molecule has 0 bridgehead atoms. The Balaban J connectivity index is 2.46. The molecule has 2 rings (SSSR count). The minimum Gasteiger partial charge on any atom is -0.384 e. The molecule has 4 nitrogen and oxygen atoms in total. The van der Waals surface area contributed by atoms with Gasteiger partial charge in [0.15, 0.2) is 5.16 Å². The summed E-state index contributed by atoms with van der Waals surface area (Å²) in [6.07, 6.45) is 0.943. The van der Waals surface area contributed by atoms with Crippen LogP contribution in [0, 0.1) is 5.92 Å². The fourth-order valence-electron chi connectivity index (χ4n) is 2.08. The molecule has 0 aliphatic carbocycles. The lowest BCUT2D eigenvalue weighted by Gasteiger charge is -2.14. The normalized spacial score (nSPS) is 11.5. The molecular weight excluding hydrogens is 320 g/mol. The van der Waals surface area contributed by atoms with Crippen LogP contribution in [0.15, 0.2) is 28.2 Å². The predicted molar refractivity (Wildman–Crippen MR) is 93.1 cm³/mol. The van der Waals surface area contributed by atoms with E-state index in [1.165, 1.54) is 0 Å². The SMILES string of the molecule is COCCSc1nc2cc(Cl)ccc2c(=O)n1CCC(C)C. The third-order valence-electron chi connectivity index (χ3n) is 3.33. The molecular formula is C16H21ClN2O2S. The molecule has 6 heteroatoms. The molecule has 0 aliphatic rings. The number of thioether (sulfide) groups is 1. The van der Waals surface area contributed by atoms with Gasteiger partial charge in [0.2, 0.25) is 0 Å². The van der Waals surface area contributed by atoms with Gasteiger partial charge in [0.25, 0.3) is 5.56 Å². The minimum atomic E-state index is 0.00207. The fraction of sp³-hybridized carbons (Fsp3) is 0.500. The van der Waals surface area contributed by atoms with Crippen molar-refractivity contribution in [1.29, 1.82) is 0 Å². The summed E-state index contributed by atoms with van der Waals surface area (Å²) in [5.41, 5.74) is 0.653. The number of nitrogens with zero attached hydrogens (tertiary/aromatic N) is 2. The van der Waals surface area contributed by atoms with E-state index in [2.05, 4.69) is 18.8 Å². The number of benzene rings is 1. The van der Waals surface area contributed by atoms with Gasteiger partial charge in [-0.1, -0.05) is 37.2 Å². The predicted octanol–water partition coefficient (Wildman–Crippen LogP) is 3.83. The highest BCUT2D eigenvalue weighted by molar-refractivity contribution is 7.99. The highest BCUT2D eigenvalue weighted by Crippen LogP contribution is 2.21. The number of rotatable bonds is 7. The van der Waals surface area contributed by atoms with Crippen molar-refractivity contribution in [3.8, 4) is 0 Å². The average molecular weight is 341 g/mol. The maximum absolute atomic E-state index is 12.7. The molecule has 120 valence electrons. The maximum Gasteiger partial charge on any atom is 0.262 e. The molecule has 0 fully saturated rings. The Bertz CT molecular complexity index is 700. The Labute approximate surface area is 139 Å². The molecule has 2 aromatic rings. The molecule has 0 amide bonds. The van der Waals surface area contributed by atoms with Gasteiger partial charge in [-0.15, -0.1) is 0 Å². The van der Waals surface area contributed by atoms with Crippen molar-refractivity contribution in [2.24, 2.45) is 5.92 Å². The van der Waals surface area contributed by atoms with Gasteiger partial charge in [-0.2, -0.15) is 0 Å². The molecule has 0 saturated heterocycles. The molecule has 0 atom stereocenters. The average Bonchev–Trinajstić information content (AvgIpc) is 2.46. The Hall–Kier alpha value is -1.04. The van der Waals surface area contributed by atoms with Gasteiger partial charge >= 0.3 is 0 Å². The number of hydrogen-bond acceptors (Lipinski definition) is 4. The Morgan fingerprint density at radius 3 is 2.86 bits per heavy atom. The molecule has 0 radical (unpaired) electrons. The summed E-state index contributed by atoms with van der Waals surface area (Å²) in [6, 6.07) is 5.23. The summed E-state index contributed by atoms with van der Waals surface area (Å²) in [7, 11) is 1.67. The van der Waals surface area contributed by atoms with Crippen molar-refractivity contribution in [1.82, 2.24) is 9.55 Å². The van der Waals surface area contributed by atoms with Crippen LogP contribution >= 0.6 is 23.4 Å². The van der Waals surface area contributed by atoms with Crippen LogP contribution in [0.25, 0.3) is 10.9 Å². The summed E-state index contributed by atoms with van der Waals surface area (Å²) < 4.78 is 6.86. The fourth-order valence-corrected chi connectivity index (χ4v) is 3.18. The quantitative estimate of drug-likeness (QED) is 0.436. The lowest BCUT2D eigenvalue weighted by atomic mass is 10.1. The van der Waals surface area contributed by atoms with Crippen molar-refractivity contribution in [2.45, 2.75) is 32.0 Å². The second kappa shape index (κ2) is 7.99. The molecule has 0 spiro atoms. The lowest BCUT2D eigenvalue weighted by molar-refractivity contribution is 0.218. The van der Waals surface area contributed by atoms with Crippen molar-refractivity contribution >= 4 is 34.3 Å². The molecule has 1 aromatic carbocycles. The van der Waals surface area contributed by atoms with Crippen LogP contribution in [-0.4, -0.2) is 29.0 Å². The third kappa shape index (κ3) is 4.24. The first-order valence-corrected chi connectivity index (χ1v) is 8.71. The first-order chi connectivity index (χ1) is 10.5. The number of halogens is 1. The van der Waals surface area contributed by atoms with E-state index < -0.39 is 0 Å². The third-order valence-corrected chi connectivity index (χ3v) is 4.51. The monoisotopic (exact) mass is 340 g/mol. The molecule has 1 heterocycles. The largest absolute Gasteiger partial charge is 0.384 e. The molecule has 0 unspecified atom stereocenters. The van der Waals surface area contributed by atoms with Gasteiger partial charge in [-0.05, 0) is 30.5 Å². The first kappa shape index (κ1) is 17.3. The second-order valence-electron chi connectivity index (χ2n) is 5.54. The van der Waals surface area contributed by atoms with Gasteiger partial charge in [0, 0.05) is 24.4 Å². The van der Waals surface area contributed by atoms with E-state index in [-0.39, 0.29) is 5.56 Å². The van der Waals surface area contributed by atoms with E-state index in [1.54, 1.807) is 41.6 Å². The highest BCUT2D eigenvalue weighted by Gasteiger charge is 2.12. The Morgan fingerprint density at radius 1 is 1.41 bits per heavy atom. The van der Waals surface area contributed by atoms with E-state index in [9.17, 15) is 4.79 Å². The molecule has 0 N–H and O–H groups in total. The van der Waals surface area contributed by atoms with Crippen molar-refractivity contribution in [2.75, 3.05) is 19.5 Å². The minimum absolute atomic E-state index is 0.00207. The van der Waals surface area contributed by atoms with Gasteiger partial charge in [0.1, 0.15) is 0 Å². The Kier molecular flexibility index (Phi) is 6.29. The molecule has 0 saturated carbocycles. The van der Waals surface area contributed by atoms with Gasteiger partial charge in [0.05, 0.1) is 17.5 Å². The first-order valence-electron chi connectivity index (χ1n) is 7.34. The smallest absolute Gasteiger partial charge is 0.262 e. The van der Waals surface area contributed by atoms with Crippen molar-refractivity contribution in [3.05, 3.63) is 33.6 Å². The maximum atomic E-state index is 12.7. The van der Waals surface area contributed by atoms with E-state index in [0.29, 0.717) is 35.0 Å². The summed E-state index contributed by atoms with van der Waals surface area (Å²) in [4.78, 5) is 17.4. The van der Waals surface area contributed by atoms with E-state index in [0.717, 1.165) is 17.3 Å². The highest BCUT2D eigenvalue weighted by atomic mass is 35.5. The van der Waals surface area contributed by atoms with Gasteiger partial charge < -0.3 is 4.74 Å². The van der Waals surface area contributed by atoms with E-state index >= 15 is 0 Å². The summed E-state index contributed by atoms with van der Waals surface area (Å²) in [5, 5.41) is 1.94. The lowest BCUT2D eigenvalue weighted by Crippen LogP contribution is -2.24. The second-order valence-corrected chi connectivity index (χ2v) is 7.03. The number of fused-ring (bicyclic) bond motifs is 1. The molecule has 0 aliphatic heterocycles. The standard InChI is InChI=1S/C16H21ClN2O2S/c1-11(2)6-7-19-15(20)13-5-4-12(17)10-14(13)18-16(19)22-9-8-21-3/h4-5,10-11H,6-9H2,1-3H3. The zero-order valence-electron chi connectivity index (χ0n) is 13.1. The molecule has 1 aromatic heterocycles. The molecule has 22 heavy (non-hydrogen) atoms. The van der Waals surface area contributed by atoms with Crippen LogP contribution in [0.5, 0.6) is 0 Å². The van der Waals surface area contributed by atoms with Crippen molar-refractivity contribution in [3.63, 3.8) is 0 Å².